The van der Waals surface area contributed by atoms with Crippen molar-refractivity contribution in [1.29, 1.82) is 0 Å². The van der Waals surface area contributed by atoms with Gasteiger partial charge in [-0.1, -0.05) is 12.1 Å². The summed E-state index contributed by atoms with van der Waals surface area (Å²) in [6.07, 6.45) is 2.94. The van der Waals surface area contributed by atoms with Crippen molar-refractivity contribution in [1.82, 2.24) is 10.1 Å². The summed E-state index contributed by atoms with van der Waals surface area (Å²) in [5.41, 5.74) is 5.53. The summed E-state index contributed by atoms with van der Waals surface area (Å²) in [6.45, 7) is 5.41. The first-order valence-corrected chi connectivity index (χ1v) is 5.85. The van der Waals surface area contributed by atoms with Gasteiger partial charge in [0.25, 0.3) is 0 Å². The van der Waals surface area contributed by atoms with Crippen molar-refractivity contribution >= 4 is 0 Å². The molecule has 1 aliphatic rings. The lowest BCUT2D eigenvalue weighted by atomic mass is 9.88. The lowest BCUT2D eigenvalue weighted by molar-refractivity contribution is 0.103. The molecule has 0 aromatic carbocycles. The maximum atomic E-state index is 5.75. The maximum absolute atomic E-state index is 5.75. The van der Waals surface area contributed by atoms with Crippen molar-refractivity contribution in [2.75, 3.05) is 13.2 Å². The molecule has 5 nitrogen and oxygen atoms in total. The SMILES string of the molecule is CCC(C)(CN)c1nc(C2CCCO2)no1. The summed E-state index contributed by atoms with van der Waals surface area (Å²) >= 11 is 0. The Balaban J connectivity index is 2.17. The fourth-order valence-corrected chi connectivity index (χ4v) is 1.77. The normalized spacial score (nSPS) is 24.6. The highest BCUT2D eigenvalue weighted by atomic mass is 16.5. The minimum atomic E-state index is -0.218. The van der Waals surface area contributed by atoms with Crippen molar-refractivity contribution in [2.45, 2.75) is 44.6 Å². The van der Waals surface area contributed by atoms with Crippen LogP contribution in [0.1, 0.15) is 50.9 Å². The highest BCUT2D eigenvalue weighted by Crippen LogP contribution is 2.30. The predicted molar refractivity (Wildman–Crippen MR) is 58.9 cm³/mol. The van der Waals surface area contributed by atoms with Gasteiger partial charge in [0.2, 0.25) is 11.7 Å². The first kappa shape index (κ1) is 11.5. The van der Waals surface area contributed by atoms with Gasteiger partial charge in [-0.05, 0) is 26.2 Å². The molecular weight excluding hydrogens is 206 g/mol. The number of nitrogens with zero attached hydrogens (tertiary/aromatic N) is 2. The topological polar surface area (TPSA) is 74.2 Å². The molecule has 0 bridgehead atoms. The minimum Gasteiger partial charge on any atom is -0.370 e. The molecule has 0 amide bonds. The molecule has 1 saturated heterocycles. The van der Waals surface area contributed by atoms with E-state index in [1.807, 2.05) is 6.92 Å². The van der Waals surface area contributed by atoms with Gasteiger partial charge in [-0.15, -0.1) is 0 Å². The Morgan fingerprint density at radius 3 is 2.94 bits per heavy atom. The van der Waals surface area contributed by atoms with Gasteiger partial charge in [-0.2, -0.15) is 4.98 Å². The Labute approximate surface area is 95.3 Å². The molecule has 0 radical (unpaired) electrons. The largest absolute Gasteiger partial charge is 0.370 e. The molecule has 0 aliphatic carbocycles. The maximum Gasteiger partial charge on any atom is 0.233 e. The second kappa shape index (κ2) is 4.51. The Kier molecular flexibility index (Phi) is 3.25. The first-order valence-electron chi connectivity index (χ1n) is 5.85. The Hall–Kier alpha value is -0.940. The molecule has 0 saturated carbocycles. The van der Waals surface area contributed by atoms with E-state index in [2.05, 4.69) is 17.1 Å². The number of hydrogen-bond donors (Lipinski definition) is 1. The fourth-order valence-electron chi connectivity index (χ4n) is 1.77. The van der Waals surface area contributed by atoms with Crippen molar-refractivity contribution in [3.8, 4) is 0 Å². The molecule has 90 valence electrons. The number of aromatic nitrogens is 2. The molecule has 2 heterocycles. The van der Waals surface area contributed by atoms with Crippen molar-refractivity contribution < 1.29 is 9.26 Å². The zero-order chi connectivity index (χ0) is 11.6. The average Bonchev–Trinajstić information content (AvgIpc) is 2.97. The van der Waals surface area contributed by atoms with E-state index in [-0.39, 0.29) is 11.5 Å². The predicted octanol–water partition coefficient (Wildman–Crippen LogP) is 1.55. The van der Waals surface area contributed by atoms with Gasteiger partial charge in [0, 0.05) is 13.2 Å². The number of nitrogens with two attached hydrogens (primary N) is 1. The summed E-state index contributed by atoms with van der Waals surface area (Å²) in [6, 6.07) is 0. The highest BCUT2D eigenvalue weighted by molar-refractivity contribution is 5.05. The van der Waals surface area contributed by atoms with Gasteiger partial charge in [0.1, 0.15) is 6.10 Å². The molecule has 2 rings (SSSR count). The summed E-state index contributed by atoms with van der Waals surface area (Å²) in [5.74, 6) is 1.30. The first-order chi connectivity index (χ1) is 7.69. The van der Waals surface area contributed by atoms with Gasteiger partial charge in [-0.25, -0.2) is 0 Å². The smallest absolute Gasteiger partial charge is 0.233 e. The van der Waals surface area contributed by atoms with E-state index < -0.39 is 0 Å². The van der Waals surface area contributed by atoms with Crippen LogP contribution in [0.2, 0.25) is 0 Å². The van der Waals surface area contributed by atoms with Crippen LogP contribution in [0.3, 0.4) is 0 Å². The fraction of sp³-hybridized carbons (Fsp3) is 0.818. The standard InChI is InChI=1S/C11H19N3O2/c1-3-11(2,7-12)10-13-9(14-16-10)8-5-4-6-15-8/h8H,3-7,12H2,1-2H3. The van der Waals surface area contributed by atoms with E-state index in [4.69, 9.17) is 15.0 Å². The molecular formula is C11H19N3O2. The van der Waals surface area contributed by atoms with E-state index in [0.717, 1.165) is 25.9 Å². The van der Waals surface area contributed by atoms with Crippen molar-refractivity contribution in [2.24, 2.45) is 5.73 Å². The summed E-state index contributed by atoms with van der Waals surface area (Å²) in [4.78, 5) is 4.42. The summed E-state index contributed by atoms with van der Waals surface area (Å²) < 4.78 is 10.8. The van der Waals surface area contributed by atoms with E-state index in [1.54, 1.807) is 0 Å². The lowest BCUT2D eigenvalue weighted by Crippen LogP contribution is -2.31. The zero-order valence-electron chi connectivity index (χ0n) is 9.90. The monoisotopic (exact) mass is 225 g/mol. The van der Waals surface area contributed by atoms with Crippen LogP contribution < -0.4 is 5.73 Å². The molecule has 1 aromatic heterocycles. The van der Waals surface area contributed by atoms with Crippen LogP contribution in [0.15, 0.2) is 4.52 Å². The van der Waals surface area contributed by atoms with Gasteiger partial charge >= 0.3 is 0 Å². The van der Waals surface area contributed by atoms with Crippen LogP contribution >= 0.6 is 0 Å². The molecule has 1 aliphatic heterocycles. The van der Waals surface area contributed by atoms with Crippen LogP contribution in [0.4, 0.5) is 0 Å². The van der Waals surface area contributed by atoms with Crippen molar-refractivity contribution in [3.63, 3.8) is 0 Å². The second-order valence-corrected chi connectivity index (χ2v) is 4.58. The summed E-state index contributed by atoms with van der Waals surface area (Å²) in [7, 11) is 0. The molecule has 2 atom stereocenters. The van der Waals surface area contributed by atoms with Gasteiger partial charge in [-0.3, -0.25) is 0 Å². The van der Waals surface area contributed by atoms with E-state index in [9.17, 15) is 0 Å². The molecule has 1 aromatic rings. The van der Waals surface area contributed by atoms with Crippen molar-refractivity contribution in [3.05, 3.63) is 11.7 Å². The van der Waals surface area contributed by atoms with E-state index >= 15 is 0 Å². The number of hydrogen-bond acceptors (Lipinski definition) is 5. The zero-order valence-corrected chi connectivity index (χ0v) is 9.90. The minimum absolute atomic E-state index is 0.0105. The number of rotatable bonds is 4. The third-order valence-corrected chi connectivity index (χ3v) is 3.41. The summed E-state index contributed by atoms with van der Waals surface area (Å²) in [5, 5.41) is 3.99. The molecule has 1 fully saturated rings. The lowest BCUT2D eigenvalue weighted by Gasteiger charge is -2.20. The number of ether oxygens (including phenoxy) is 1. The molecule has 2 N–H and O–H groups in total. The van der Waals surface area contributed by atoms with Gasteiger partial charge < -0.3 is 15.0 Å². The van der Waals surface area contributed by atoms with E-state index in [1.165, 1.54) is 0 Å². The molecule has 2 unspecified atom stereocenters. The second-order valence-electron chi connectivity index (χ2n) is 4.58. The van der Waals surface area contributed by atoms with Crippen LogP contribution in [0.25, 0.3) is 0 Å². The van der Waals surface area contributed by atoms with E-state index in [0.29, 0.717) is 18.3 Å². The van der Waals surface area contributed by atoms with Crippen LogP contribution in [-0.4, -0.2) is 23.3 Å². The Bertz CT molecular complexity index is 341. The Morgan fingerprint density at radius 2 is 2.38 bits per heavy atom. The molecule has 0 spiro atoms. The van der Waals surface area contributed by atoms with Crippen LogP contribution in [-0.2, 0) is 10.2 Å². The highest BCUT2D eigenvalue weighted by Gasteiger charge is 2.32. The quantitative estimate of drug-likeness (QED) is 0.841. The van der Waals surface area contributed by atoms with Gasteiger partial charge in [0.15, 0.2) is 0 Å². The Morgan fingerprint density at radius 1 is 1.56 bits per heavy atom. The molecule has 5 heteroatoms. The van der Waals surface area contributed by atoms with Crippen LogP contribution in [0.5, 0.6) is 0 Å². The molecule has 16 heavy (non-hydrogen) atoms. The third-order valence-electron chi connectivity index (χ3n) is 3.41. The third kappa shape index (κ3) is 1.97. The van der Waals surface area contributed by atoms with Crippen LogP contribution in [0, 0.1) is 0 Å². The van der Waals surface area contributed by atoms with Gasteiger partial charge in [0.05, 0.1) is 5.41 Å². The average molecular weight is 225 g/mol.